The molecule has 128 valence electrons. The van der Waals surface area contributed by atoms with Gasteiger partial charge in [0.05, 0.1) is 17.6 Å². The zero-order valence-electron chi connectivity index (χ0n) is 14.5. The molecule has 0 radical (unpaired) electrons. The lowest BCUT2D eigenvalue weighted by Crippen LogP contribution is -2.14. The summed E-state index contributed by atoms with van der Waals surface area (Å²) in [6, 6.07) is 7.72. The lowest BCUT2D eigenvalue weighted by Gasteiger charge is -2.12. The van der Waals surface area contributed by atoms with Gasteiger partial charge in [-0.3, -0.25) is 4.98 Å². The molecule has 0 fully saturated rings. The maximum absolute atomic E-state index is 12.3. The topological polar surface area (TPSA) is 77.0 Å². The van der Waals surface area contributed by atoms with Crippen LogP contribution in [0.2, 0.25) is 0 Å². The summed E-state index contributed by atoms with van der Waals surface area (Å²) in [6.07, 6.45) is 3.45. The Labute approximate surface area is 146 Å². The summed E-state index contributed by atoms with van der Waals surface area (Å²) in [5.74, 6) is -0.0571. The van der Waals surface area contributed by atoms with Gasteiger partial charge < -0.3 is 10.1 Å². The minimum atomic E-state index is -0.479. The van der Waals surface area contributed by atoms with Gasteiger partial charge in [-0.05, 0) is 61.7 Å². The highest BCUT2D eigenvalue weighted by Crippen LogP contribution is 2.21. The molecule has 0 saturated heterocycles. The molecule has 3 rings (SSSR count). The molecule has 0 amide bonds. The Morgan fingerprint density at radius 2 is 1.72 bits per heavy atom. The maximum atomic E-state index is 12.3. The van der Waals surface area contributed by atoms with Crippen LogP contribution in [0.15, 0.2) is 36.7 Å². The number of nitrogens with zero attached hydrogens (tertiary/aromatic N) is 3. The summed E-state index contributed by atoms with van der Waals surface area (Å²) < 4.78 is 5.13. The van der Waals surface area contributed by atoms with E-state index in [9.17, 15) is 4.79 Å². The van der Waals surface area contributed by atoms with E-state index in [0.717, 1.165) is 22.2 Å². The van der Waals surface area contributed by atoms with Crippen LogP contribution in [0.3, 0.4) is 0 Å². The van der Waals surface area contributed by atoms with Crippen LogP contribution in [-0.2, 0) is 11.3 Å². The molecule has 0 aliphatic carbocycles. The van der Waals surface area contributed by atoms with Crippen LogP contribution in [-0.4, -0.2) is 27.5 Å². The minimum absolute atomic E-state index is 0.201. The molecular formula is C19H20N4O2. The molecule has 25 heavy (non-hydrogen) atoms. The zero-order chi connectivity index (χ0) is 17.8. The number of hydrogen-bond acceptors (Lipinski definition) is 6. The fraction of sp³-hybridized carbons (Fsp3) is 0.263. The monoisotopic (exact) mass is 336 g/mol. The molecule has 0 spiro atoms. The first-order valence-corrected chi connectivity index (χ1v) is 8.17. The van der Waals surface area contributed by atoms with Crippen molar-refractivity contribution >= 4 is 22.8 Å². The van der Waals surface area contributed by atoms with Crippen molar-refractivity contribution in [1.82, 2.24) is 15.0 Å². The van der Waals surface area contributed by atoms with Crippen molar-refractivity contribution in [2.45, 2.75) is 27.3 Å². The second-order valence-corrected chi connectivity index (χ2v) is 5.78. The molecule has 0 unspecified atom stereocenters. The number of aryl methyl sites for hydroxylation is 2. The van der Waals surface area contributed by atoms with Gasteiger partial charge in [-0.25, -0.2) is 14.8 Å². The Balaban J connectivity index is 2.01. The van der Waals surface area contributed by atoms with E-state index < -0.39 is 5.97 Å². The molecule has 0 bridgehead atoms. The Morgan fingerprint density at radius 3 is 2.36 bits per heavy atom. The summed E-state index contributed by atoms with van der Waals surface area (Å²) in [6.45, 7) is 6.61. The third-order valence-corrected chi connectivity index (χ3v) is 3.96. The van der Waals surface area contributed by atoms with Gasteiger partial charge in [0.25, 0.3) is 0 Å². The number of ether oxygens (including phenoxy) is 1. The number of aromatic nitrogens is 3. The van der Waals surface area contributed by atoms with Crippen LogP contribution < -0.4 is 5.32 Å². The molecule has 0 aliphatic rings. The standard InChI is InChI=1S/C19H20N4O2/c1-4-25-19(24)17-18(21-11-14-5-7-20-8-6-14)23-16-10-13(3)12(2)9-15(16)22-17/h5-10H,4,11H2,1-3H3,(H,21,23). The number of benzene rings is 1. The van der Waals surface area contributed by atoms with E-state index >= 15 is 0 Å². The smallest absolute Gasteiger partial charge is 0.360 e. The molecule has 1 N–H and O–H groups in total. The average Bonchev–Trinajstić information content (AvgIpc) is 2.61. The van der Waals surface area contributed by atoms with Crippen molar-refractivity contribution in [3.63, 3.8) is 0 Å². The summed E-state index contributed by atoms with van der Waals surface area (Å²) >= 11 is 0. The molecule has 6 heteroatoms. The van der Waals surface area contributed by atoms with E-state index in [4.69, 9.17) is 4.74 Å². The largest absolute Gasteiger partial charge is 0.461 e. The predicted octanol–water partition coefficient (Wildman–Crippen LogP) is 3.43. The minimum Gasteiger partial charge on any atom is -0.461 e. The summed E-state index contributed by atoms with van der Waals surface area (Å²) in [5.41, 5.74) is 4.90. The number of rotatable bonds is 5. The number of pyridine rings is 1. The maximum Gasteiger partial charge on any atom is 0.360 e. The fourth-order valence-corrected chi connectivity index (χ4v) is 2.46. The first-order chi connectivity index (χ1) is 12.1. The van der Waals surface area contributed by atoms with E-state index in [1.807, 2.05) is 38.1 Å². The van der Waals surface area contributed by atoms with Crippen molar-refractivity contribution in [2.75, 3.05) is 11.9 Å². The van der Waals surface area contributed by atoms with Gasteiger partial charge in [0.2, 0.25) is 0 Å². The molecule has 0 aliphatic heterocycles. The lowest BCUT2D eigenvalue weighted by atomic mass is 10.1. The van der Waals surface area contributed by atoms with Crippen molar-refractivity contribution in [2.24, 2.45) is 0 Å². The fourth-order valence-electron chi connectivity index (χ4n) is 2.46. The van der Waals surface area contributed by atoms with E-state index in [2.05, 4.69) is 20.3 Å². The van der Waals surface area contributed by atoms with Gasteiger partial charge >= 0.3 is 5.97 Å². The molecule has 6 nitrogen and oxygen atoms in total. The molecule has 3 aromatic rings. The highest BCUT2D eigenvalue weighted by molar-refractivity contribution is 5.95. The van der Waals surface area contributed by atoms with Crippen molar-refractivity contribution < 1.29 is 9.53 Å². The van der Waals surface area contributed by atoms with Crippen LogP contribution in [0.4, 0.5) is 5.82 Å². The van der Waals surface area contributed by atoms with Crippen LogP contribution >= 0.6 is 0 Å². The van der Waals surface area contributed by atoms with E-state index in [0.29, 0.717) is 17.9 Å². The highest BCUT2D eigenvalue weighted by atomic mass is 16.5. The second-order valence-electron chi connectivity index (χ2n) is 5.78. The SMILES string of the molecule is CCOC(=O)c1nc2cc(C)c(C)cc2nc1NCc1ccncc1. The lowest BCUT2D eigenvalue weighted by molar-refractivity contribution is 0.0520. The van der Waals surface area contributed by atoms with E-state index in [1.165, 1.54) is 0 Å². The normalized spacial score (nSPS) is 10.7. The van der Waals surface area contributed by atoms with Crippen LogP contribution in [0, 0.1) is 13.8 Å². The van der Waals surface area contributed by atoms with E-state index in [-0.39, 0.29) is 12.3 Å². The Bertz CT molecular complexity index is 910. The Hall–Kier alpha value is -3.02. The predicted molar refractivity (Wildman–Crippen MR) is 96.5 cm³/mol. The summed E-state index contributed by atoms with van der Waals surface area (Å²) in [5, 5.41) is 3.19. The van der Waals surface area contributed by atoms with Crippen molar-refractivity contribution in [3.8, 4) is 0 Å². The van der Waals surface area contributed by atoms with Gasteiger partial charge in [-0.1, -0.05) is 0 Å². The van der Waals surface area contributed by atoms with E-state index in [1.54, 1.807) is 19.3 Å². The van der Waals surface area contributed by atoms with Gasteiger partial charge in [0.15, 0.2) is 11.5 Å². The van der Waals surface area contributed by atoms with Gasteiger partial charge in [-0.2, -0.15) is 0 Å². The Kier molecular flexibility index (Phi) is 4.88. The van der Waals surface area contributed by atoms with Crippen molar-refractivity contribution in [3.05, 3.63) is 59.0 Å². The zero-order valence-corrected chi connectivity index (χ0v) is 14.5. The second kappa shape index (κ2) is 7.25. The van der Waals surface area contributed by atoms with Gasteiger partial charge in [0.1, 0.15) is 0 Å². The Morgan fingerprint density at radius 1 is 1.08 bits per heavy atom. The number of carbonyl (C=O) groups is 1. The third-order valence-electron chi connectivity index (χ3n) is 3.96. The molecule has 1 aromatic carbocycles. The summed E-state index contributed by atoms with van der Waals surface area (Å²) in [7, 11) is 0. The number of esters is 1. The molecule has 0 atom stereocenters. The number of fused-ring (bicyclic) bond motifs is 1. The third kappa shape index (κ3) is 3.74. The molecule has 2 aromatic heterocycles. The first-order valence-electron chi connectivity index (χ1n) is 8.17. The van der Waals surface area contributed by atoms with Gasteiger partial charge in [-0.15, -0.1) is 0 Å². The number of hydrogen-bond donors (Lipinski definition) is 1. The molecular weight excluding hydrogens is 316 g/mol. The quantitative estimate of drug-likeness (QED) is 0.719. The van der Waals surface area contributed by atoms with Crippen LogP contribution in [0.1, 0.15) is 34.1 Å². The average molecular weight is 336 g/mol. The van der Waals surface area contributed by atoms with Gasteiger partial charge in [0, 0.05) is 18.9 Å². The van der Waals surface area contributed by atoms with Crippen molar-refractivity contribution in [1.29, 1.82) is 0 Å². The molecule has 0 saturated carbocycles. The van der Waals surface area contributed by atoms with Crippen LogP contribution in [0.25, 0.3) is 11.0 Å². The number of anilines is 1. The first kappa shape index (κ1) is 16.8. The highest BCUT2D eigenvalue weighted by Gasteiger charge is 2.18. The summed E-state index contributed by atoms with van der Waals surface area (Å²) in [4.78, 5) is 25.4. The molecule has 2 heterocycles. The number of nitrogens with one attached hydrogen (secondary N) is 1. The van der Waals surface area contributed by atoms with Crippen LogP contribution in [0.5, 0.6) is 0 Å². The number of carbonyl (C=O) groups excluding carboxylic acids is 1.